The van der Waals surface area contributed by atoms with E-state index in [0.29, 0.717) is 12.2 Å². The Bertz CT molecular complexity index is 778. The van der Waals surface area contributed by atoms with E-state index in [1.54, 1.807) is 11.8 Å². The SMILES string of the molecule is CCN1CCN(c2ccc(NC(=O)C3CSC4(C)CCC(=O)N34)c(C)c2)CC1. The van der Waals surface area contributed by atoms with Crippen LogP contribution in [-0.4, -0.2) is 71.0 Å². The van der Waals surface area contributed by atoms with Crippen LogP contribution in [0.3, 0.4) is 0 Å². The molecule has 0 aromatic heterocycles. The highest BCUT2D eigenvalue weighted by molar-refractivity contribution is 8.01. The molecule has 0 spiro atoms. The second kappa shape index (κ2) is 7.59. The summed E-state index contributed by atoms with van der Waals surface area (Å²) in [5.41, 5.74) is 3.11. The van der Waals surface area contributed by atoms with Gasteiger partial charge in [-0.3, -0.25) is 9.59 Å². The predicted octanol–water partition coefficient (Wildman–Crippen LogP) is 2.53. The number of anilines is 2. The average Bonchev–Trinajstić information content (AvgIpc) is 3.19. The van der Waals surface area contributed by atoms with Gasteiger partial charge in [0.15, 0.2) is 0 Å². The van der Waals surface area contributed by atoms with Gasteiger partial charge in [-0.2, -0.15) is 0 Å². The first kappa shape index (κ1) is 19.6. The highest BCUT2D eigenvalue weighted by Gasteiger charge is 2.52. The molecule has 4 rings (SSSR count). The lowest BCUT2D eigenvalue weighted by Crippen LogP contribution is -2.48. The van der Waals surface area contributed by atoms with Gasteiger partial charge >= 0.3 is 0 Å². The lowest BCUT2D eigenvalue weighted by molar-refractivity contribution is -0.135. The Morgan fingerprint density at radius 1 is 1.29 bits per heavy atom. The number of thioether (sulfide) groups is 1. The number of nitrogens with one attached hydrogen (secondary N) is 1. The Morgan fingerprint density at radius 3 is 2.71 bits per heavy atom. The largest absolute Gasteiger partial charge is 0.369 e. The Labute approximate surface area is 171 Å². The molecule has 0 bridgehead atoms. The molecular weight excluding hydrogens is 372 g/mol. The number of rotatable bonds is 4. The second-order valence-corrected chi connectivity index (χ2v) is 9.68. The van der Waals surface area contributed by atoms with Gasteiger partial charge < -0.3 is 20.0 Å². The maximum Gasteiger partial charge on any atom is 0.248 e. The molecule has 3 heterocycles. The van der Waals surface area contributed by atoms with E-state index in [9.17, 15) is 9.59 Å². The molecule has 2 unspecified atom stereocenters. The number of piperazine rings is 1. The van der Waals surface area contributed by atoms with Crippen molar-refractivity contribution in [3.05, 3.63) is 23.8 Å². The van der Waals surface area contributed by atoms with Crippen LogP contribution in [0.5, 0.6) is 0 Å². The number of benzene rings is 1. The summed E-state index contributed by atoms with van der Waals surface area (Å²) in [5.74, 6) is 0.706. The standard InChI is InChI=1S/C21H30N4O2S/c1-4-23-9-11-24(12-10-23)16-5-6-17(15(2)13-16)22-20(27)18-14-28-21(3)8-7-19(26)25(18)21/h5-6,13,18H,4,7-12,14H2,1-3H3,(H,22,27). The van der Waals surface area contributed by atoms with E-state index >= 15 is 0 Å². The summed E-state index contributed by atoms with van der Waals surface area (Å²) in [6, 6.07) is 5.89. The first-order valence-electron chi connectivity index (χ1n) is 10.3. The first-order valence-corrected chi connectivity index (χ1v) is 11.2. The van der Waals surface area contributed by atoms with Crippen molar-refractivity contribution < 1.29 is 9.59 Å². The zero-order chi connectivity index (χ0) is 19.9. The highest BCUT2D eigenvalue weighted by atomic mass is 32.2. The quantitative estimate of drug-likeness (QED) is 0.839. The molecule has 0 radical (unpaired) electrons. The van der Waals surface area contributed by atoms with Gasteiger partial charge in [0, 0.05) is 49.7 Å². The normalized spacial score (nSPS) is 28.0. The Kier molecular flexibility index (Phi) is 5.31. The second-order valence-electron chi connectivity index (χ2n) is 8.18. The van der Waals surface area contributed by atoms with E-state index in [4.69, 9.17) is 0 Å². The van der Waals surface area contributed by atoms with E-state index in [-0.39, 0.29) is 22.7 Å². The number of nitrogens with zero attached hydrogens (tertiary/aromatic N) is 3. The molecule has 6 nitrogen and oxygen atoms in total. The molecule has 3 saturated heterocycles. The molecule has 1 aromatic carbocycles. The highest BCUT2D eigenvalue weighted by Crippen LogP contribution is 2.47. The number of fused-ring (bicyclic) bond motifs is 1. The van der Waals surface area contributed by atoms with E-state index in [1.807, 2.05) is 17.9 Å². The molecule has 3 aliphatic heterocycles. The number of carbonyl (C=O) groups is 2. The van der Waals surface area contributed by atoms with Gasteiger partial charge in [0.05, 0.1) is 4.87 Å². The summed E-state index contributed by atoms with van der Waals surface area (Å²) < 4.78 is 0. The van der Waals surface area contributed by atoms with Gasteiger partial charge in [-0.25, -0.2) is 0 Å². The van der Waals surface area contributed by atoms with Crippen LogP contribution < -0.4 is 10.2 Å². The van der Waals surface area contributed by atoms with Gasteiger partial charge in [-0.05, 0) is 50.6 Å². The van der Waals surface area contributed by atoms with Crippen LogP contribution in [0.1, 0.15) is 32.3 Å². The summed E-state index contributed by atoms with van der Waals surface area (Å²) in [4.78, 5) is 31.7. The van der Waals surface area contributed by atoms with Crippen LogP contribution in [-0.2, 0) is 9.59 Å². The number of hydrogen-bond acceptors (Lipinski definition) is 5. The van der Waals surface area contributed by atoms with Gasteiger partial charge in [0.2, 0.25) is 11.8 Å². The van der Waals surface area contributed by atoms with E-state index in [2.05, 4.69) is 41.1 Å². The summed E-state index contributed by atoms with van der Waals surface area (Å²) in [6.07, 6.45) is 1.38. The summed E-state index contributed by atoms with van der Waals surface area (Å²) in [7, 11) is 0. The summed E-state index contributed by atoms with van der Waals surface area (Å²) >= 11 is 1.73. The molecule has 0 aliphatic carbocycles. The molecule has 0 saturated carbocycles. The van der Waals surface area contributed by atoms with Crippen molar-refractivity contribution in [3.8, 4) is 0 Å². The molecular formula is C21H30N4O2S. The maximum atomic E-state index is 12.9. The molecule has 2 atom stereocenters. The molecule has 1 aromatic rings. The number of amides is 2. The van der Waals surface area contributed by atoms with Crippen LogP contribution in [0, 0.1) is 6.92 Å². The topological polar surface area (TPSA) is 55.9 Å². The van der Waals surface area contributed by atoms with Gasteiger partial charge in [-0.1, -0.05) is 6.92 Å². The third-order valence-corrected chi connectivity index (χ3v) is 7.91. The molecule has 3 fully saturated rings. The number of carbonyl (C=O) groups excluding carboxylic acids is 2. The smallest absolute Gasteiger partial charge is 0.248 e. The Morgan fingerprint density at radius 2 is 2.04 bits per heavy atom. The average molecular weight is 403 g/mol. The van der Waals surface area contributed by atoms with Crippen LogP contribution in [0.2, 0.25) is 0 Å². The minimum absolute atomic E-state index is 0.0705. The maximum absolute atomic E-state index is 12.9. The van der Waals surface area contributed by atoms with Crippen LogP contribution in [0.4, 0.5) is 11.4 Å². The van der Waals surface area contributed by atoms with Gasteiger partial charge in [0.1, 0.15) is 6.04 Å². The lowest BCUT2D eigenvalue weighted by atomic mass is 10.1. The molecule has 152 valence electrons. The van der Waals surface area contributed by atoms with Crippen molar-refractivity contribution in [2.24, 2.45) is 0 Å². The summed E-state index contributed by atoms with van der Waals surface area (Å²) in [6.45, 7) is 11.7. The number of aryl methyl sites for hydroxylation is 1. The van der Waals surface area contributed by atoms with Crippen molar-refractivity contribution in [3.63, 3.8) is 0 Å². The van der Waals surface area contributed by atoms with Crippen LogP contribution >= 0.6 is 11.8 Å². The van der Waals surface area contributed by atoms with Gasteiger partial charge in [0.25, 0.3) is 0 Å². The minimum atomic E-state index is -0.369. The van der Waals surface area contributed by atoms with Crippen molar-refractivity contribution >= 4 is 35.0 Å². The lowest BCUT2D eigenvalue weighted by Gasteiger charge is -2.35. The molecule has 28 heavy (non-hydrogen) atoms. The zero-order valence-electron chi connectivity index (χ0n) is 17.0. The van der Waals surface area contributed by atoms with E-state index < -0.39 is 0 Å². The molecule has 7 heteroatoms. The first-order chi connectivity index (χ1) is 13.4. The van der Waals surface area contributed by atoms with Gasteiger partial charge in [-0.15, -0.1) is 11.8 Å². The third-order valence-electron chi connectivity index (χ3n) is 6.40. The molecule has 3 aliphatic rings. The van der Waals surface area contributed by atoms with Crippen molar-refractivity contribution in [1.82, 2.24) is 9.80 Å². The fraction of sp³-hybridized carbons (Fsp3) is 0.619. The van der Waals surface area contributed by atoms with Crippen LogP contribution in [0.25, 0.3) is 0 Å². The van der Waals surface area contributed by atoms with Crippen LogP contribution in [0.15, 0.2) is 18.2 Å². The number of hydrogen-bond donors (Lipinski definition) is 1. The predicted molar refractivity (Wildman–Crippen MR) is 115 cm³/mol. The summed E-state index contributed by atoms with van der Waals surface area (Å²) in [5, 5.41) is 3.08. The number of likely N-dealkylation sites (N-methyl/N-ethyl adjacent to an activating group) is 1. The fourth-order valence-electron chi connectivity index (χ4n) is 4.54. The monoisotopic (exact) mass is 402 g/mol. The Hall–Kier alpha value is -1.73. The fourth-order valence-corrected chi connectivity index (χ4v) is 5.97. The van der Waals surface area contributed by atoms with E-state index in [0.717, 1.165) is 50.4 Å². The van der Waals surface area contributed by atoms with E-state index in [1.165, 1.54) is 5.69 Å². The van der Waals surface area contributed by atoms with Crippen molar-refractivity contribution in [1.29, 1.82) is 0 Å². The molecule has 1 N–H and O–H groups in total. The van der Waals surface area contributed by atoms with Crippen molar-refractivity contribution in [2.75, 3.05) is 48.7 Å². The molecule has 2 amide bonds. The third kappa shape index (κ3) is 3.50. The van der Waals surface area contributed by atoms with Crippen molar-refractivity contribution in [2.45, 2.75) is 44.5 Å². The minimum Gasteiger partial charge on any atom is -0.369 e. The zero-order valence-corrected chi connectivity index (χ0v) is 17.8. The Balaban J connectivity index is 1.43.